The summed E-state index contributed by atoms with van der Waals surface area (Å²) >= 11 is 0.967. The zero-order valence-corrected chi connectivity index (χ0v) is 12.2. The lowest BCUT2D eigenvalue weighted by atomic mass is 10.4. The highest BCUT2D eigenvalue weighted by atomic mass is 32.2. The number of ketones is 1. The van der Waals surface area contributed by atoms with E-state index in [4.69, 9.17) is 0 Å². The van der Waals surface area contributed by atoms with Crippen molar-refractivity contribution >= 4 is 31.0 Å². The molecular weight excluding hydrogens is 240 g/mol. The normalized spacial score (nSPS) is 13.1. The SMILES string of the molecule is C=C(S/C(C(C)=O)=C(\C)O)C(=O)[Si](C)(C)C. The van der Waals surface area contributed by atoms with Gasteiger partial charge in [-0.1, -0.05) is 38.0 Å². The van der Waals surface area contributed by atoms with Crippen molar-refractivity contribution in [3.8, 4) is 0 Å². The van der Waals surface area contributed by atoms with Crippen LogP contribution in [0.2, 0.25) is 19.6 Å². The molecule has 5 heteroatoms. The Morgan fingerprint density at radius 2 is 1.62 bits per heavy atom. The Kier molecular flexibility index (Phi) is 5.22. The molecule has 0 saturated heterocycles. The smallest absolute Gasteiger partial charge is 0.169 e. The van der Waals surface area contributed by atoms with Gasteiger partial charge in [-0.15, -0.1) is 0 Å². The van der Waals surface area contributed by atoms with Crippen LogP contribution in [0.1, 0.15) is 13.8 Å². The van der Waals surface area contributed by atoms with Gasteiger partial charge in [-0.3, -0.25) is 9.59 Å². The van der Waals surface area contributed by atoms with Crippen LogP contribution in [0.5, 0.6) is 0 Å². The molecule has 0 aromatic rings. The van der Waals surface area contributed by atoms with Gasteiger partial charge >= 0.3 is 0 Å². The van der Waals surface area contributed by atoms with E-state index in [2.05, 4.69) is 6.58 Å². The van der Waals surface area contributed by atoms with E-state index in [1.54, 1.807) is 0 Å². The zero-order valence-electron chi connectivity index (χ0n) is 10.4. The van der Waals surface area contributed by atoms with Gasteiger partial charge in [0.2, 0.25) is 0 Å². The second kappa shape index (κ2) is 5.50. The van der Waals surface area contributed by atoms with Crippen molar-refractivity contribution in [1.82, 2.24) is 0 Å². The Balaban J connectivity index is 4.90. The molecule has 90 valence electrons. The third-order valence-corrected chi connectivity index (χ3v) is 4.87. The van der Waals surface area contributed by atoms with Gasteiger partial charge in [-0.2, -0.15) is 0 Å². The summed E-state index contributed by atoms with van der Waals surface area (Å²) in [4.78, 5) is 23.6. The number of aliphatic hydroxyl groups excluding tert-OH is 1. The topological polar surface area (TPSA) is 54.4 Å². The van der Waals surface area contributed by atoms with Crippen LogP contribution in [0.3, 0.4) is 0 Å². The average Bonchev–Trinajstić information content (AvgIpc) is 2.09. The molecule has 0 aromatic heterocycles. The quantitative estimate of drug-likeness (QED) is 0.468. The Morgan fingerprint density at radius 1 is 1.19 bits per heavy atom. The molecule has 0 rings (SSSR count). The van der Waals surface area contributed by atoms with Gasteiger partial charge in [0.15, 0.2) is 5.78 Å². The second-order valence-corrected chi connectivity index (χ2v) is 10.6. The van der Waals surface area contributed by atoms with Crippen molar-refractivity contribution in [3.05, 3.63) is 22.1 Å². The number of hydrogen-bond donors (Lipinski definition) is 1. The minimum Gasteiger partial charge on any atom is -0.511 e. The number of rotatable bonds is 5. The molecule has 0 aliphatic carbocycles. The van der Waals surface area contributed by atoms with E-state index in [0.29, 0.717) is 4.91 Å². The minimum absolute atomic E-state index is 0.0116. The number of aliphatic hydroxyl groups is 1. The van der Waals surface area contributed by atoms with Crippen molar-refractivity contribution < 1.29 is 14.7 Å². The van der Waals surface area contributed by atoms with Crippen LogP contribution in [0.15, 0.2) is 22.1 Å². The van der Waals surface area contributed by atoms with Gasteiger partial charge in [0, 0.05) is 4.91 Å². The predicted octanol–water partition coefficient (Wildman–Crippen LogP) is 3.06. The first-order valence-corrected chi connectivity index (χ1v) is 9.21. The molecule has 0 amide bonds. The van der Waals surface area contributed by atoms with Gasteiger partial charge in [0.25, 0.3) is 0 Å². The van der Waals surface area contributed by atoms with Gasteiger partial charge in [-0.05, 0) is 13.8 Å². The summed E-state index contributed by atoms with van der Waals surface area (Å²) < 4.78 is 0. The van der Waals surface area contributed by atoms with Gasteiger partial charge < -0.3 is 5.11 Å². The largest absolute Gasteiger partial charge is 0.511 e. The van der Waals surface area contributed by atoms with Crippen molar-refractivity contribution in [2.24, 2.45) is 0 Å². The lowest BCUT2D eigenvalue weighted by Crippen LogP contribution is -2.33. The molecule has 0 radical (unpaired) electrons. The van der Waals surface area contributed by atoms with Crippen LogP contribution < -0.4 is 0 Å². The van der Waals surface area contributed by atoms with E-state index in [0.717, 1.165) is 11.8 Å². The van der Waals surface area contributed by atoms with Crippen LogP contribution in [-0.4, -0.2) is 24.4 Å². The van der Waals surface area contributed by atoms with Crippen molar-refractivity contribution in [3.63, 3.8) is 0 Å². The van der Waals surface area contributed by atoms with E-state index in [9.17, 15) is 14.7 Å². The highest BCUT2D eigenvalue weighted by Crippen LogP contribution is 2.29. The highest BCUT2D eigenvalue weighted by Gasteiger charge is 2.28. The minimum atomic E-state index is -1.93. The Hall–Kier alpha value is -0.813. The van der Waals surface area contributed by atoms with E-state index >= 15 is 0 Å². The summed E-state index contributed by atoms with van der Waals surface area (Å²) in [5, 5.41) is 9.32. The monoisotopic (exact) mass is 258 g/mol. The van der Waals surface area contributed by atoms with Crippen LogP contribution in [0, 0.1) is 0 Å². The summed E-state index contributed by atoms with van der Waals surface area (Å²) in [5.41, 5.74) is 0. The highest BCUT2D eigenvalue weighted by molar-refractivity contribution is 8.08. The van der Waals surface area contributed by atoms with Crippen LogP contribution in [0.25, 0.3) is 0 Å². The van der Waals surface area contributed by atoms with Crippen molar-refractivity contribution in [1.29, 1.82) is 0 Å². The molecule has 16 heavy (non-hydrogen) atoms. The van der Waals surface area contributed by atoms with Crippen LogP contribution >= 0.6 is 11.8 Å². The summed E-state index contributed by atoms with van der Waals surface area (Å²) in [5.74, 6) is -0.323. The average molecular weight is 258 g/mol. The predicted molar refractivity (Wildman–Crippen MR) is 71.1 cm³/mol. The molecule has 0 aliphatic rings. The first kappa shape index (κ1) is 15.2. The maximum absolute atomic E-state index is 11.9. The molecule has 0 aliphatic heterocycles. The number of carbonyl (C=O) groups excluding carboxylic acids is 2. The van der Waals surface area contributed by atoms with Crippen LogP contribution in [-0.2, 0) is 9.59 Å². The molecule has 3 nitrogen and oxygen atoms in total. The maximum atomic E-state index is 11.9. The Morgan fingerprint density at radius 3 is 1.88 bits per heavy atom. The van der Waals surface area contributed by atoms with E-state index in [1.807, 2.05) is 19.6 Å². The molecule has 0 aromatic carbocycles. The number of carbonyl (C=O) groups is 2. The fourth-order valence-electron chi connectivity index (χ4n) is 0.988. The van der Waals surface area contributed by atoms with E-state index in [-0.39, 0.29) is 21.9 Å². The lowest BCUT2D eigenvalue weighted by molar-refractivity contribution is -0.113. The maximum Gasteiger partial charge on any atom is 0.169 e. The number of allylic oxidation sites excluding steroid dienone is 3. The molecule has 0 heterocycles. The first-order chi connectivity index (χ1) is 7.07. The van der Waals surface area contributed by atoms with E-state index < -0.39 is 8.07 Å². The number of hydrogen-bond acceptors (Lipinski definition) is 4. The molecule has 1 N–H and O–H groups in total. The summed E-state index contributed by atoms with van der Waals surface area (Å²) in [6.07, 6.45) is 0. The first-order valence-electron chi connectivity index (χ1n) is 4.89. The Labute approximate surface area is 102 Å². The lowest BCUT2D eigenvalue weighted by Gasteiger charge is -2.16. The molecule has 0 spiro atoms. The second-order valence-electron chi connectivity index (χ2n) is 4.58. The fourth-order valence-corrected chi connectivity index (χ4v) is 3.53. The zero-order chi connectivity index (χ0) is 13.1. The molecule has 0 bridgehead atoms. The summed E-state index contributed by atoms with van der Waals surface area (Å²) in [6, 6.07) is 0. The summed E-state index contributed by atoms with van der Waals surface area (Å²) in [6.45, 7) is 12.2. The molecular formula is C11H18O3SSi. The molecule has 0 fully saturated rings. The van der Waals surface area contributed by atoms with Crippen molar-refractivity contribution in [2.45, 2.75) is 33.5 Å². The van der Waals surface area contributed by atoms with Gasteiger partial charge in [0.05, 0.1) is 4.91 Å². The fraction of sp³-hybridized carbons (Fsp3) is 0.455. The third-order valence-electron chi connectivity index (χ3n) is 1.81. The van der Waals surface area contributed by atoms with E-state index in [1.165, 1.54) is 13.8 Å². The number of thioether (sulfide) groups is 1. The van der Waals surface area contributed by atoms with Crippen LogP contribution in [0.4, 0.5) is 0 Å². The Bertz CT molecular complexity index is 360. The van der Waals surface area contributed by atoms with Crippen molar-refractivity contribution in [2.75, 3.05) is 0 Å². The molecule has 0 atom stereocenters. The molecule has 0 saturated carbocycles. The molecule has 0 unspecified atom stereocenters. The van der Waals surface area contributed by atoms with Gasteiger partial charge in [0.1, 0.15) is 19.2 Å². The number of Topliss-reactive ketones (excluding diaryl/α,β-unsaturated/α-hetero) is 1. The third kappa shape index (κ3) is 4.36. The summed E-state index contributed by atoms with van der Waals surface area (Å²) in [7, 11) is -1.93. The standard InChI is InChI=1S/C11H18O3SSi/c1-7(12)10(8(2)13)15-9(3)11(14)16(4,5)6/h12H,3H2,1-2,4-6H3/b10-7+. The van der Waals surface area contributed by atoms with Gasteiger partial charge in [-0.25, -0.2) is 0 Å².